The Morgan fingerprint density at radius 2 is 2.00 bits per heavy atom. The van der Waals surface area contributed by atoms with E-state index in [0.29, 0.717) is 5.75 Å². The van der Waals surface area contributed by atoms with Gasteiger partial charge in [-0.1, -0.05) is 18.2 Å². The number of ether oxygens (including phenoxy) is 1. The van der Waals surface area contributed by atoms with Crippen molar-refractivity contribution in [2.75, 3.05) is 7.11 Å². The first-order valence-corrected chi connectivity index (χ1v) is 5.75. The predicted octanol–water partition coefficient (Wildman–Crippen LogP) is -0.127. The quantitative estimate of drug-likeness (QED) is 0.570. The first kappa shape index (κ1) is 14.8. The third kappa shape index (κ3) is 4.84. The maximum Gasteiger partial charge on any atom is 0.333 e. The highest BCUT2D eigenvalue weighted by Gasteiger charge is 2.08. The summed E-state index contributed by atoms with van der Waals surface area (Å²) < 4.78 is 5.15. The number of rotatable bonds is 4. The highest BCUT2D eigenvalue weighted by molar-refractivity contribution is 5.84. The summed E-state index contributed by atoms with van der Waals surface area (Å²) in [6, 6.07) is 6.10. The van der Waals surface area contributed by atoms with Crippen molar-refractivity contribution in [3.63, 3.8) is 0 Å². The minimum Gasteiger partial charge on any atom is -0.496 e. The van der Waals surface area contributed by atoms with Gasteiger partial charge < -0.3 is 15.8 Å². The number of hydrazine groups is 1. The lowest BCUT2D eigenvalue weighted by Gasteiger charge is -2.12. The monoisotopic (exact) mass is 266 g/mol. The van der Waals surface area contributed by atoms with E-state index in [4.69, 9.17) is 10.5 Å². The van der Waals surface area contributed by atoms with Gasteiger partial charge in [-0.15, -0.1) is 0 Å². The first-order valence-electron chi connectivity index (χ1n) is 5.75. The summed E-state index contributed by atoms with van der Waals surface area (Å²) in [4.78, 5) is 22.5. The molecule has 0 spiro atoms. The number of nitrogens with two attached hydrogens (primary N) is 1. The lowest BCUT2D eigenvalue weighted by molar-refractivity contribution is -0.122. The summed E-state index contributed by atoms with van der Waals surface area (Å²) in [5, 5.41) is 2.58. The minimum atomic E-state index is -0.686. The van der Waals surface area contributed by atoms with Crippen molar-refractivity contribution >= 4 is 11.9 Å². The maximum atomic E-state index is 11.4. The highest BCUT2D eigenvalue weighted by Crippen LogP contribution is 2.16. The largest absolute Gasteiger partial charge is 0.496 e. The van der Waals surface area contributed by atoms with E-state index < -0.39 is 18.0 Å². The lowest BCUT2D eigenvalue weighted by atomic mass is 10.2. The Morgan fingerprint density at radius 1 is 1.32 bits per heavy atom. The van der Waals surface area contributed by atoms with Gasteiger partial charge in [0.2, 0.25) is 0 Å². The van der Waals surface area contributed by atoms with Gasteiger partial charge in [-0.3, -0.25) is 10.2 Å². The van der Waals surface area contributed by atoms with E-state index in [-0.39, 0.29) is 6.54 Å². The molecule has 104 valence electrons. The number of carbonyl (C=O) groups is 2. The van der Waals surface area contributed by atoms with Crippen LogP contribution in [0.2, 0.25) is 0 Å². The van der Waals surface area contributed by atoms with Gasteiger partial charge >= 0.3 is 6.03 Å². The van der Waals surface area contributed by atoms with E-state index in [9.17, 15) is 9.59 Å². The number of hydrogen-bond donors (Lipinski definition) is 4. The van der Waals surface area contributed by atoms with Crippen LogP contribution in [0.3, 0.4) is 0 Å². The minimum absolute atomic E-state index is 0.282. The van der Waals surface area contributed by atoms with Gasteiger partial charge in [0.25, 0.3) is 5.91 Å². The summed E-state index contributed by atoms with van der Waals surface area (Å²) in [6.07, 6.45) is 0. The zero-order chi connectivity index (χ0) is 14.3. The van der Waals surface area contributed by atoms with Crippen LogP contribution in [-0.2, 0) is 11.3 Å². The average molecular weight is 266 g/mol. The summed E-state index contributed by atoms with van der Waals surface area (Å²) in [6.45, 7) is 1.80. The van der Waals surface area contributed by atoms with Crippen molar-refractivity contribution in [3.8, 4) is 5.75 Å². The number of nitrogens with one attached hydrogen (secondary N) is 3. The molecule has 0 aliphatic carbocycles. The van der Waals surface area contributed by atoms with Crippen LogP contribution in [-0.4, -0.2) is 25.1 Å². The number of hydrogen-bond acceptors (Lipinski definition) is 4. The molecule has 5 N–H and O–H groups in total. The third-order valence-electron chi connectivity index (χ3n) is 2.34. The van der Waals surface area contributed by atoms with Gasteiger partial charge in [-0.05, 0) is 13.0 Å². The van der Waals surface area contributed by atoms with Crippen LogP contribution in [0.15, 0.2) is 24.3 Å². The van der Waals surface area contributed by atoms with E-state index in [2.05, 4.69) is 16.2 Å². The second-order valence-corrected chi connectivity index (χ2v) is 3.90. The Bertz CT molecular complexity index is 448. The molecule has 7 heteroatoms. The molecule has 7 nitrogen and oxygen atoms in total. The fourth-order valence-electron chi connectivity index (χ4n) is 1.30. The summed E-state index contributed by atoms with van der Waals surface area (Å²) in [7, 11) is 1.56. The Hall–Kier alpha value is -2.28. The molecule has 0 fully saturated rings. The molecule has 0 bridgehead atoms. The molecule has 0 saturated carbocycles. The molecule has 1 aromatic carbocycles. The molecule has 1 aromatic rings. The second-order valence-electron chi connectivity index (χ2n) is 3.90. The average Bonchev–Trinajstić information content (AvgIpc) is 2.42. The fourth-order valence-corrected chi connectivity index (χ4v) is 1.30. The van der Waals surface area contributed by atoms with Gasteiger partial charge in [0.15, 0.2) is 0 Å². The molecular formula is C12H18N4O3. The number of methoxy groups -OCH3 is 1. The molecule has 19 heavy (non-hydrogen) atoms. The fraction of sp³-hybridized carbons (Fsp3) is 0.333. The van der Waals surface area contributed by atoms with E-state index in [1.807, 2.05) is 18.2 Å². The van der Waals surface area contributed by atoms with E-state index in [1.165, 1.54) is 6.92 Å². The van der Waals surface area contributed by atoms with Crippen LogP contribution in [0.25, 0.3) is 0 Å². The van der Waals surface area contributed by atoms with E-state index in [0.717, 1.165) is 5.56 Å². The van der Waals surface area contributed by atoms with Crippen LogP contribution in [0, 0.1) is 0 Å². The first-order chi connectivity index (χ1) is 9.04. The molecule has 1 unspecified atom stereocenters. The van der Waals surface area contributed by atoms with E-state index in [1.54, 1.807) is 13.2 Å². The second kappa shape index (κ2) is 7.22. The standard InChI is InChI=1S/C12H18N4O3/c1-8(13)11(17)15-16-12(18)14-7-9-5-3-4-6-10(9)19-2/h3-6,8H,7,13H2,1-2H3,(H,15,17)(H2,14,16,18). The third-order valence-corrected chi connectivity index (χ3v) is 2.34. The van der Waals surface area contributed by atoms with Crippen molar-refractivity contribution in [1.82, 2.24) is 16.2 Å². The van der Waals surface area contributed by atoms with Gasteiger partial charge in [0, 0.05) is 12.1 Å². The summed E-state index contributed by atoms with van der Waals surface area (Å²) in [5.74, 6) is 0.217. The van der Waals surface area contributed by atoms with Crippen molar-refractivity contribution in [2.24, 2.45) is 5.73 Å². The molecule has 0 aliphatic heterocycles. The van der Waals surface area contributed by atoms with Crippen molar-refractivity contribution in [3.05, 3.63) is 29.8 Å². The number of para-hydroxylation sites is 1. The SMILES string of the molecule is COc1ccccc1CNC(=O)NNC(=O)C(C)N. The Labute approximate surface area is 111 Å². The van der Waals surface area contributed by atoms with Gasteiger partial charge in [-0.25, -0.2) is 10.2 Å². The Kier molecular flexibility index (Phi) is 5.62. The van der Waals surface area contributed by atoms with Crippen LogP contribution >= 0.6 is 0 Å². The molecule has 0 saturated heterocycles. The molecule has 0 radical (unpaired) electrons. The smallest absolute Gasteiger partial charge is 0.333 e. The zero-order valence-corrected chi connectivity index (χ0v) is 10.9. The zero-order valence-electron chi connectivity index (χ0n) is 10.9. The molecule has 1 rings (SSSR count). The summed E-state index contributed by atoms with van der Waals surface area (Å²) >= 11 is 0. The molecule has 0 aromatic heterocycles. The molecule has 1 atom stereocenters. The van der Waals surface area contributed by atoms with Crippen LogP contribution in [0.5, 0.6) is 5.75 Å². The lowest BCUT2D eigenvalue weighted by Crippen LogP contribution is -2.51. The Morgan fingerprint density at radius 3 is 2.63 bits per heavy atom. The number of urea groups is 1. The number of amides is 3. The van der Waals surface area contributed by atoms with Gasteiger partial charge in [-0.2, -0.15) is 0 Å². The summed E-state index contributed by atoms with van der Waals surface area (Å²) in [5.41, 5.74) is 10.5. The topological polar surface area (TPSA) is 105 Å². The van der Waals surface area contributed by atoms with Crippen LogP contribution < -0.4 is 26.6 Å². The van der Waals surface area contributed by atoms with Crippen molar-refractivity contribution in [2.45, 2.75) is 19.5 Å². The highest BCUT2D eigenvalue weighted by atomic mass is 16.5. The number of benzene rings is 1. The van der Waals surface area contributed by atoms with Gasteiger partial charge in [0.1, 0.15) is 5.75 Å². The van der Waals surface area contributed by atoms with Crippen molar-refractivity contribution < 1.29 is 14.3 Å². The van der Waals surface area contributed by atoms with E-state index >= 15 is 0 Å². The molecule has 3 amide bonds. The maximum absolute atomic E-state index is 11.4. The Balaban J connectivity index is 2.40. The normalized spacial score (nSPS) is 11.3. The van der Waals surface area contributed by atoms with Crippen LogP contribution in [0.1, 0.15) is 12.5 Å². The van der Waals surface area contributed by atoms with Gasteiger partial charge in [0.05, 0.1) is 13.2 Å². The molecular weight excluding hydrogens is 248 g/mol. The number of carbonyl (C=O) groups excluding carboxylic acids is 2. The molecule has 0 heterocycles. The molecule has 0 aliphatic rings. The predicted molar refractivity (Wildman–Crippen MR) is 70.2 cm³/mol. The van der Waals surface area contributed by atoms with Crippen molar-refractivity contribution in [1.29, 1.82) is 0 Å². The van der Waals surface area contributed by atoms with Crippen LogP contribution in [0.4, 0.5) is 4.79 Å².